The molecule has 0 N–H and O–H groups in total. The maximum absolute atomic E-state index is 12.9. The van der Waals surface area contributed by atoms with Crippen molar-refractivity contribution in [1.82, 2.24) is 19.7 Å². The summed E-state index contributed by atoms with van der Waals surface area (Å²) in [7, 11) is 1.37. The molecule has 154 valence electrons. The van der Waals surface area contributed by atoms with Gasteiger partial charge in [0, 0.05) is 12.1 Å². The van der Waals surface area contributed by atoms with Crippen LogP contribution in [-0.4, -0.2) is 38.5 Å². The zero-order valence-corrected chi connectivity index (χ0v) is 18.0. The summed E-state index contributed by atoms with van der Waals surface area (Å²) >= 11 is 18.6. The fraction of sp³-hybridized carbons (Fsp3) is 0.100. The fourth-order valence-corrected chi connectivity index (χ4v) is 4.25. The monoisotopic (exact) mass is 472 g/mol. The van der Waals surface area contributed by atoms with Gasteiger partial charge in [-0.1, -0.05) is 65.1 Å². The summed E-state index contributed by atoms with van der Waals surface area (Å²) in [5.41, 5.74) is 0.561. The predicted molar refractivity (Wildman–Crippen MR) is 113 cm³/mol. The van der Waals surface area contributed by atoms with Crippen molar-refractivity contribution in [3.8, 4) is 11.9 Å². The number of carbonyl (C=O) groups excluding carboxylic acids is 2. The van der Waals surface area contributed by atoms with Gasteiger partial charge in [-0.3, -0.25) is 14.5 Å². The van der Waals surface area contributed by atoms with E-state index in [9.17, 15) is 14.9 Å². The molecule has 0 saturated carbocycles. The Kier molecular flexibility index (Phi) is 5.50. The zero-order chi connectivity index (χ0) is 22.3. The highest BCUT2D eigenvalue weighted by Gasteiger charge is 2.41. The molecule has 2 amide bonds. The van der Waals surface area contributed by atoms with Crippen molar-refractivity contribution in [2.45, 2.75) is 5.92 Å². The minimum Gasteiger partial charge on any atom is -0.279 e. The summed E-state index contributed by atoms with van der Waals surface area (Å²) in [5.74, 6) is -2.02. The number of hydrogen-bond donors (Lipinski definition) is 0. The zero-order valence-electron chi connectivity index (χ0n) is 15.8. The Morgan fingerprint density at radius 1 is 1.10 bits per heavy atom. The summed E-state index contributed by atoms with van der Waals surface area (Å²) in [6, 6.07) is 11.7. The molecule has 0 radical (unpaired) electrons. The summed E-state index contributed by atoms with van der Waals surface area (Å²) in [6.07, 6.45) is 1.65. The summed E-state index contributed by atoms with van der Waals surface area (Å²) in [5, 5.41) is 14.0. The standard InChI is InChI=1S/C20H11Cl3N6O2/c1-28-18(30)14(10-5-3-2-4-6-10)15-16(19(28)31)27-29(20(26-15)25-9-24)17-12(22)7-11(21)8-13(17)23/h2-8,14H,1H3. The van der Waals surface area contributed by atoms with Gasteiger partial charge in [0.15, 0.2) is 5.69 Å². The van der Waals surface area contributed by atoms with Gasteiger partial charge in [-0.25, -0.2) is 4.98 Å². The highest BCUT2D eigenvalue weighted by molar-refractivity contribution is 6.40. The van der Waals surface area contributed by atoms with Crippen molar-refractivity contribution in [3.63, 3.8) is 0 Å². The Morgan fingerprint density at radius 3 is 2.35 bits per heavy atom. The van der Waals surface area contributed by atoms with Gasteiger partial charge >= 0.3 is 0 Å². The number of hydrogen-bond acceptors (Lipinski definition) is 6. The molecule has 0 fully saturated rings. The Bertz CT molecular complexity index is 1320. The van der Waals surface area contributed by atoms with Crippen molar-refractivity contribution >= 4 is 46.6 Å². The van der Waals surface area contributed by atoms with Crippen molar-refractivity contribution in [3.05, 3.63) is 80.1 Å². The van der Waals surface area contributed by atoms with Gasteiger partial charge in [-0.05, 0) is 17.7 Å². The van der Waals surface area contributed by atoms with Crippen LogP contribution in [0, 0.1) is 11.5 Å². The maximum atomic E-state index is 12.9. The lowest BCUT2D eigenvalue weighted by molar-refractivity contribution is -0.128. The first kappa shape index (κ1) is 21.0. The van der Waals surface area contributed by atoms with Crippen LogP contribution in [0.4, 0.5) is 0 Å². The smallest absolute Gasteiger partial charge is 0.279 e. The average molecular weight is 474 g/mol. The van der Waals surface area contributed by atoms with E-state index >= 15 is 0 Å². The minimum absolute atomic E-state index is 0.0880. The molecule has 1 aliphatic heterocycles. The summed E-state index contributed by atoms with van der Waals surface area (Å²) < 4.78 is 1.09. The maximum Gasteiger partial charge on any atom is 0.282 e. The highest BCUT2D eigenvalue weighted by Crippen LogP contribution is 2.33. The lowest BCUT2D eigenvalue weighted by atomic mass is 9.90. The Labute approximate surface area is 190 Å². The molecule has 3 aromatic rings. The Balaban J connectivity index is 2.07. The van der Waals surface area contributed by atoms with Crippen LogP contribution in [-0.2, 0) is 4.79 Å². The third-order valence-electron chi connectivity index (χ3n) is 4.69. The molecule has 1 unspecified atom stereocenters. The molecule has 0 bridgehead atoms. The van der Waals surface area contributed by atoms with Crippen LogP contribution < -0.4 is 5.62 Å². The molecule has 31 heavy (non-hydrogen) atoms. The molecule has 2 heterocycles. The second-order valence-electron chi connectivity index (χ2n) is 6.53. The van der Waals surface area contributed by atoms with Gasteiger partial charge in [0.25, 0.3) is 11.5 Å². The lowest BCUT2D eigenvalue weighted by Crippen LogP contribution is -2.46. The number of fused-ring (bicyclic) bond motifs is 1. The van der Waals surface area contributed by atoms with E-state index in [1.807, 2.05) is 0 Å². The minimum atomic E-state index is -0.898. The van der Waals surface area contributed by atoms with Gasteiger partial charge in [0.05, 0.1) is 15.7 Å². The van der Waals surface area contributed by atoms with Crippen LogP contribution in [0.3, 0.4) is 0 Å². The average Bonchev–Trinajstić information content (AvgIpc) is 2.73. The molecule has 0 aliphatic carbocycles. The van der Waals surface area contributed by atoms with Gasteiger partial charge in [-0.15, -0.1) is 4.99 Å². The van der Waals surface area contributed by atoms with Crippen molar-refractivity contribution in [2.75, 3.05) is 7.05 Å². The fourth-order valence-electron chi connectivity index (χ4n) is 3.28. The molecule has 0 saturated heterocycles. The van der Waals surface area contributed by atoms with Crippen LogP contribution >= 0.6 is 34.8 Å². The molecule has 1 aliphatic rings. The third kappa shape index (κ3) is 3.57. The first-order chi connectivity index (χ1) is 14.8. The number of nitrogens with zero attached hydrogens (tertiary/aromatic N) is 6. The normalized spacial score (nSPS) is 16.3. The quantitative estimate of drug-likeness (QED) is 0.419. The van der Waals surface area contributed by atoms with Gasteiger partial charge in [0.1, 0.15) is 11.6 Å². The van der Waals surface area contributed by atoms with Crippen LogP contribution in [0.1, 0.15) is 27.7 Å². The predicted octanol–water partition coefficient (Wildman–Crippen LogP) is 3.35. The number of amides is 2. The highest BCUT2D eigenvalue weighted by atomic mass is 35.5. The van der Waals surface area contributed by atoms with Gasteiger partial charge in [0.2, 0.25) is 12.1 Å². The number of imide groups is 1. The number of halogens is 3. The molecule has 0 spiro atoms. The summed E-state index contributed by atoms with van der Waals surface area (Å²) in [6.45, 7) is 0. The molecule has 2 aromatic carbocycles. The van der Waals surface area contributed by atoms with E-state index < -0.39 is 17.7 Å². The van der Waals surface area contributed by atoms with Crippen LogP contribution in [0.25, 0.3) is 5.69 Å². The van der Waals surface area contributed by atoms with E-state index in [-0.39, 0.29) is 37.8 Å². The second kappa shape index (κ2) is 8.12. The molecule has 1 atom stereocenters. The number of aromatic nitrogens is 3. The first-order valence-electron chi connectivity index (χ1n) is 8.79. The summed E-state index contributed by atoms with van der Waals surface area (Å²) in [4.78, 5) is 34.9. The third-order valence-corrected chi connectivity index (χ3v) is 5.48. The van der Waals surface area contributed by atoms with Gasteiger partial charge < -0.3 is 0 Å². The van der Waals surface area contributed by atoms with Crippen molar-refractivity contribution in [2.24, 2.45) is 4.99 Å². The van der Waals surface area contributed by atoms with Crippen LogP contribution in [0.15, 0.2) is 47.5 Å². The van der Waals surface area contributed by atoms with Gasteiger partial charge in [-0.2, -0.15) is 15.0 Å². The lowest BCUT2D eigenvalue weighted by Gasteiger charge is -2.29. The number of likely N-dealkylation sites (N-methyl/N-ethyl adjacent to an activating group) is 1. The van der Waals surface area contributed by atoms with Crippen molar-refractivity contribution in [1.29, 1.82) is 5.26 Å². The first-order valence-corrected chi connectivity index (χ1v) is 9.92. The number of carbonyl (C=O) groups is 2. The Hall–Kier alpha value is -3.25. The molecule has 8 nitrogen and oxygen atoms in total. The topological polar surface area (TPSA) is 104 Å². The van der Waals surface area contributed by atoms with E-state index in [1.165, 1.54) is 19.2 Å². The second-order valence-corrected chi connectivity index (χ2v) is 7.78. The van der Waals surface area contributed by atoms with E-state index in [4.69, 9.17) is 34.8 Å². The van der Waals surface area contributed by atoms with E-state index in [2.05, 4.69) is 15.1 Å². The Morgan fingerprint density at radius 2 is 1.74 bits per heavy atom. The van der Waals surface area contributed by atoms with E-state index in [0.29, 0.717) is 5.56 Å². The largest absolute Gasteiger partial charge is 0.282 e. The molecule has 11 heteroatoms. The molecular weight excluding hydrogens is 463 g/mol. The van der Waals surface area contributed by atoms with Crippen LogP contribution in [0.5, 0.6) is 0 Å². The van der Waals surface area contributed by atoms with E-state index in [1.54, 1.807) is 36.5 Å². The van der Waals surface area contributed by atoms with E-state index in [0.717, 1.165) is 9.58 Å². The number of nitriles is 1. The molecular formula is C20H11Cl3N6O2. The SMILES string of the molecule is CN1C(=O)c2nn(-c3c(Cl)cc(Cl)cc3Cl)c(=NC#N)nc2C(c2ccccc2)C1=O. The van der Waals surface area contributed by atoms with Crippen LogP contribution in [0.2, 0.25) is 15.1 Å². The molecule has 4 rings (SSSR count). The molecule has 1 aromatic heterocycles. The number of benzene rings is 2. The van der Waals surface area contributed by atoms with Crippen molar-refractivity contribution < 1.29 is 9.59 Å². The number of rotatable bonds is 2.